The van der Waals surface area contributed by atoms with E-state index in [0.29, 0.717) is 6.54 Å². The zero-order chi connectivity index (χ0) is 13.5. The maximum absolute atomic E-state index is 12.5. The first kappa shape index (κ1) is 15.4. The fourth-order valence-electron chi connectivity index (χ4n) is 1.69. The van der Waals surface area contributed by atoms with Crippen LogP contribution in [0.25, 0.3) is 0 Å². The lowest BCUT2D eigenvalue weighted by atomic mass is 10.1. The summed E-state index contributed by atoms with van der Waals surface area (Å²) in [7, 11) is 0. The second-order valence-corrected chi connectivity index (χ2v) is 5.25. The van der Waals surface area contributed by atoms with Crippen molar-refractivity contribution in [1.82, 2.24) is 5.32 Å². The van der Waals surface area contributed by atoms with Gasteiger partial charge in [-0.15, -0.1) is 0 Å². The Balaban J connectivity index is 2.55. The molecule has 0 radical (unpaired) electrons. The van der Waals surface area contributed by atoms with Crippen LogP contribution in [0, 0.1) is 0 Å². The molecule has 1 aromatic carbocycles. The van der Waals surface area contributed by atoms with Crippen molar-refractivity contribution in [1.29, 1.82) is 0 Å². The Morgan fingerprint density at radius 2 is 2.11 bits per heavy atom. The lowest BCUT2D eigenvalue weighted by molar-refractivity contribution is 0.151. The molecule has 2 unspecified atom stereocenters. The average Bonchev–Trinajstić information content (AvgIpc) is 2.38. The van der Waals surface area contributed by atoms with Gasteiger partial charge in [-0.3, -0.25) is 0 Å². The van der Waals surface area contributed by atoms with Gasteiger partial charge in [0, 0.05) is 23.4 Å². The van der Waals surface area contributed by atoms with Crippen LogP contribution < -0.4 is 5.32 Å². The van der Waals surface area contributed by atoms with E-state index in [0.717, 1.165) is 5.56 Å². The van der Waals surface area contributed by atoms with E-state index in [4.69, 9.17) is 5.11 Å². The molecule has 2 nitrogen and oxygen atoms in total. The van der Waals surface area contributed by atoms with Crippen molar-refractivity contribution in [2.24, 2.45) is 0 Å². The van der Waals surface area contributed by atoms with Crippen LogP contribution in [0.4, 0.5) is 8.78 Å². The van der Waals surface area contributed by atoms with Crippen LogP contribution in [0.2, 0.25) is 0 Å². The van der Waals surface area contributed by atoms with E-state index in [1.54, 1.807) is 17.8 Å². The Hall–Kier alpha value is -0.650. The van der Waals surface area contributed by atoms with Crippen molar-refractivity contribution in [2.45, 2.75) is 31.2 Å². The molecule has 0 aromatic heterocycles. The lowest BCUT2D eigenvalue weighted by Gasteiger charge is -2.21. The Bertz CT molecular complexity index is 359. The Labute approximate surface area is 111 Å². The first-order valence-corrected chi connectivity index (χ1v) is 7.11. The summed E-state index contributed by atoms with van der Waals surface area (Å²) >= 11 is 1.59. The van der Waals surface area contributed by atoms with E-state index < -0.39 is 6.43 Å². The minimum absolute atomic E-state index is 0.0468. The van der Waals surface area contributed by atoms with Crippen LogP contribution in [-0.2, 0) is 6.54 Å². The molecule has 0 fully saturated rings. The molecule has 0 bridgehead atoms. The van der Waals surface area contributed by atoms with Crippen LogP contribution >= 0.6 is 11.8 Å². The normalized spacial score (nSPS) is 14.8. The number of hydrogen-bond donors (Lipinski definition) is 2. The minimum atomic E-state index is -2.43. The number of rotatable bonds is 7. The standard InChI is InChI=1S/C13H19F2NOS/c1-9(12(8-17)18-2)16-7-10-4-3-5-11(6-10)13(14)15/h3-6,9,12-13,16-17H,7-8H2,1-2H3. The second kappa shape index (κ2) is 7.71. The molecule has 0 amide bonds. The highest BCUT2D eigenvalue weighted by Crippen LogP contribution is 2.19. The lowest BCUT2D eigenvalue weighted by Crippen LogP contribution is -2.37. The third-order valence-electron chi connectivity index (χ3n) is 2.87. The summed E-state index contributed by atoms with van der Waals surface area (Å²) in [5, 5.41) is 12.5. The molecule has 2 atom stereocenters. The van der Waals surface area contributed by atoms with Crippen LogP contribution in [0.3, 0.4) is 0 Å². The number of nitrogens with one attached hydrogen (secondary N) is 1. The first-order valence-electron chi connectivity index (χ1n) is 5.82. The quantitative estimate of drug-likeness (QED) is 0.802. The molecule has 0 saturated heterocycles. The topological polar surface area (TPSA) is 32.3 Å². The van der Waals surface area contributed by atoms with Crippen molar-refractivity contribution in [2.75, 3.05) is 12.9 Å². The number of aliphatic hydroxyl groups is 1. The number of alkyl halides is 2. The third kappa shape index (κ3) is 4.55. The van der Waals surface area contributed by atoms with Gasteiger partial charge < -0.3 is 10.4 Å². The highest BCUT2D eigenvalue weighted by molar-refractivity contribution is 7.99. The van der Waals surface area contributed by atoms with E-state index >= 15 is 0 Å². The van der Waals surface area contributed by atoms with Crippen LogP contribution in [0.1, 0.15) is 24.5 Å². The summed E-state index contributed by atoms with van der Waals surface area (Å²) in [6.45, 7) is 2.61. The van der Waals surface area contributed by atoms with Gasteiger partial charge in [-0.1, -0.05) is 18.2 Å². The average molecular weight is 275 g/mol. The molecular formula is C13H19F2NOS. The monoisotopic (exact) mass is 275 g/mol. The predicted octanol–water partition coefficient (Wildman–Crippen LogP) is 2.83. The molecule has 18 heavy (non-hydrogen) atoms. The summed E-state index contributed by atoms with van der Waals surface area (Å²) in [6, 6.07) is 6.52. The highest BCUT2D eigenvalue weighted by Gasteiger charge is 2.14. The van der Waals surface area contributed by atoms with Crippen molar-refractivity contribution in [3.05, 3.63) is 35.4 Å². The zero-order valence-electron chi connectivity index (χ0n) is 10.6. The van der Waals surface area contributed by atoms with E-state index in [9.17, 15) is 8.78 Å². The molecule has 1 rings (SSSR count). The number of halogens is 2. The summed E-state index contributed by atoms with van der Waals surface area (Å²) in [5.41, 5.74) is 0.878. The molecule has 0 spiro atoms. The van der Waals surface area contributed by atoms with Crippen molar-refractivity contribution in [3.63, 3.8) is 0 Å². The summed E-state index contributed by atoms with van der Waals surface area (Å²) in [6.07, 6.45) is -0.491. The molecule has 0 aliphatic carbocycles. The van der Waals surface area contributed by atoms with Gasteiger partial charge in [0.05, 0.1) is 6.61 Å². The van der Waals surface area contributed by atoms with E-state index in [1.165, 1.54) is 12.1 Å². The molecule has 2 N–H and O–H groups in total. The maximum atomic E-state index is 12.5. The number of hydrogen-bond acceptors (Lipinski definition) is 3. The molecule has 0 aliphatic rings. The SMILES string of the molecule is CSC(CO)C(C)NCc1cccc(C(F)F)c1. The number of aliphatic hydroxyl groups excluding tert-OH is 1. The van der Waals surface area contributed by atoms with Gasteiger partial charge in [0.15, 0.2) is 0 Å². The van der Waals surface area contributed by atoms with Gasteiger partial charge in [-0.05, 0) is 24.8 Å². The molecular weight excluding hydrogens is 256 g/mol. The Morgan fingerprint density at radius 1 is 1.39 bits per heavy atom. The van der Waals surface area contributed by atoms with Crippen molar-refractivity contribution in [3.8, 4) is 0 Å². The first-order chi connectivity index (χ1) is 8.58. The molecule has 5 heteroatoms. The van der Waals surface area contributed by atoms with E-state index in [2.05, 4.69) is 5.32 Å². The van der Waals surface area contributed by atoms with Crippen molar-refractivity contribution < 1.29 is 13.9 Å². The minimum Gasteiger partial charge on any atom is -0.395 e. The predicted molar refractivity (Wildman–Crippen MR) is 72.1 cm³/mol. The maximum Gasteiger partial charge on any atom is 0.263 e. The van der Waals surface area contributed by atoms with Crippen molar-refractivity contribution >= 4 is 11.8 Å². The largest absolute Gasteiger partial charge is 0.395 e. The number of thioether (sulfide) groups is 1. The summed E-state index contributed by atoms with van der Waals surface area (Å²) in [4.78, 5) is 0. The molecule has 102 valence electrons. The van der Waals surface area contributed by atoms with E-state index in [-0.39, 0.29) is 23.5 Å². The highest BCUT2D eigenvalue weighted by atomic mass is 32.2. The second-order valence-electron chi connectivity index (χ2n) is 4.17. The van der Waals surface area contributed by atoms with Gasteiger partial charge >= 0.3 is 0 Å². The third-order valence-corrected chi connectivity index (χ3v) is 4.03. The fraction of sp³-hybridized carbons (Fsp3) is 0.538. The molecule has 0 heterocycles. The Kier molecular flexibility index (Phi) is 6.60. The zero-order valence-corrected chi connectivity index (χ0v) is 11.4. The summed E-state index contributed by atoms with van der Waals surface area (Å²) < 4.78 is 25.1. The fourth-order valence-corrected chi connectivity index (χ4v) is 2.34. The van der Waals surface area contributed by atoms with Crippen LogP contribution in [0.5, 0.6) is 0 Å². The van der Waals surface area contributed by atoms with Gasteiger partial charge in [-0.25, -0.2) is 8.78 Å². The van der Waals surface area contributed by atoms with Gasteiger partial charge in [-0.2, -0.15) is 11.8 Å². The molecule has 1 aromatic rings. The van der Waals surface area contributed by atoms with Gasteiger partial charge in [0.25, 0.3) is 6.43 Å². The van der Waals surface area contributed by atoms with Crippen LogP contribution in [-0.4, -0.2) is 29.3 Å². The smallest absolute Gasteiger partial charge is 0.263 e. The van der Waals surface area contributed by atoms with E-state index in [1.807, 2.05) is 19.2 Å². The Morgan fingerprint density at radius 3 is 2.67 bits per heavy atom. The van der Waals surface area contributed by atoms with Crippen LogP contribution in [0.15, 0.2) is 24.3 Å². The molecule has 0 saturated carbocycles. The van der Waals surface area contributed by atoms with Gasteiger partial charge in [0.1, 0.15) is 0 Å². The summed E-state index contributed by atoms with van der Waals surface area (Å²) in [5.74, 6) is 0. The van der Waals surface area contributed by atoms with Gasteiger partial charge in [0.2, 0.25) is 0 Å². The number of benzene rings is 1. The molecule has 0 aliphatic heterocycles.